The second kappa shape index (κ2) is 5.85. The fourth-order valence-electron chi connectivity index (χ4n) is 1.34. The molecule has 0 atom stereocenters. The Bertz CT molecular complexity index is 549. The van der Waals surface area contributed by atoms with E-state index in [1.54, 1.807) is 13.8 Å². The lowest BCUT2D eigenvalue weighted by Gasteiger charge is -2.25. The molecular weight excluding hydrogens is 294 g/mol. The van der Waals surface area contributed by atoms with Crippen molar-refractivity contribution in [1.29, 1.82) is 0 Å². The van der Waals surface area contributed by atoms with E-state index in [0.29, 0.717) is 0 Å². The summed E-state index contributed by atoms with van der Waals surface area (Å²) in [5, 5.41) is 2.86. The molecule has 1 heterocycles. The van der Waals surface area contributed by atoms with E-state index in [1.165, 1.54) is 7.11 Å². The Balaban J connectivity index is 2.73. The first-order valence-corrected chi connectivity index (χ1v) is 7.57. The van der Waals surface area contributed by atoms with Gasteiger partial charge < -0.3 is 10.1 Å². The molecule has 1 aromatic heterocycles. The number of nitrogens with zero attached hydrogens (tertiary/aromatic N) is 3. The first kappa shape index (κ1) is 15.9. The highest BCUT2D eigenvalue weighted by molar-refractivity contribution is 7.88. The maximum atomic E-state index is 11.2. The predicted molar refractivity (Wildman–Crippen MR) is 71.9 cm³/mol. The molecule has 1 aromatic rings. The number of sulfonamides is 1. The van der Waals surface area contributed by atoms with Crippen molar-refractivity contribution in [2.24, 2.45) is 0 Å². The van der Waals surface area contributed by atoms with Gasteiger partial charge in [-0.05, 0) is 25.4 Å². The number of methoxy groups -OCH3 is 1. The maximum absolute atomic E-state index is 11.2. The van der Waals surface area contributed by atoms with Crippen molar-refractivity contribution in [3.05, 3.63) is 5.28 Å². The summed E-state index contributed by atoms with van der Waals surface area (Å²) < 4.78 is 29.7. The lowest BCUT2D eigenvalue weighted by atomic mass is 10.1. The smallest absolute Gasteiger partial charge is 0.322 e. The molecule has 0 saturated carbocycles. The van der Waals surface area contributed by atoms with Gasteiger partial charge in [0.25, 0.3) is 0 Å². The van der Waals surface area contributed by atoms with Crippen LogP contribution in [0.15, 0.2) is 0 Å². The number of hydrogen-bond donors (Lipinski definition) is 2. The molecule has 0 fully saturated rings. The van der Waals surface area contributed by atoms with Crippen LogP contribution >= 0.6 is 11.6 Å². The quantitative estimate of drug-likeness (QED) is 0.777. The van der Waals surface area contributed by atoms with Crippen molar-refractivity contribution in [2.75, 3.05) is 25.2 Å². The van der Waals surface area contributed by atoms with Gasteiger partial charge in [-0.1, -0.05) is 0 Å². The third-order valence-electron chi connectivity index (χ3n) is 1.92. The number of rotatable bonds is 6. The van der Waals surface area contributed by atoms with Crippen LogP contribution < -0.4 is 14.8 Å². The molecule has 0 aromatic carbocycles. The minimum atomic E-state index is -3.30. The topological polar surface area (TPSA) is 106 Å². The third kappa shape index (κ3) is 5.99. The minimum Gasteiger partial charge on any atom is -0.467 e. The molecule has 8 nitrogen and oxygen atoms in total. The van der Waals surface area contributed by atoms with Gasteiger partial charge in [0.1, 0.15) is 0 Å². The van der Waals surface area contributed by atoms with E-state index in [1.807, 2.05) is 0 Å². The maximum Gasteiger partial charge on any atom is 0.322 e. The van der Waals surface area contributed by atoms with Crippen molar-refractivity contribution in [3.8, 4) is 6.01 Å². The van der Waals surface area contributed by atoms with Crippen LogP contribution in [0.2, 0.25) is 5.28 Å². The van der Waals surface area contributed by atoms with Crippen LogP contribution in [0.4, 0.5) is 5.95 Å². The van der Waals surface area contributed by atoms with Gasteiger partial charge >= 0.3 is 6.01 Å². The zero-order valence-electron chi connectivity index (χ0n) is 11.1. The van der Waals surface area contributed by atoms with Crippen molar-refractivity contribution in [3.63, 3.8) is 0 Å². The molecule has 0 radical (unpaired) electrons. The van der Waals surface area contributed by atoms with Crippen LogP contribution in [0.25, 0.3) is 0 Å². The van der Waals surface area contributed by atoms with Gasteiger partial charge in [0.15, 0.2) is 0 Å². The minimum absolute atomic E-state index is 0.0109. The number of hydrogen-bond acceptors (Lipinski definition) is 7. The van der Waals surface area contributed by atoms with E-state index < -0.39 is 15.6 Å². The van der Waals surface area contributed by atoms with Gasteiger partial charge in [-0.25, -0.2) is 13.1 Å². The second-order valence-corrected chi connectivity index (χ2v) is 6.61. The van der Waals surface area contributed by atoms with Crippen molar-refractivity contribution < 1.29 is 13.2 Å². The highest BCUT2D eigenvalue weighted by atomic mass is 35.5. The SMILES string of the molecule is COc1nc(Cl)nc(NCC(C)(C)NS(C)(=O)=O)n1. The summed E-state index contributed by atoms with van der Waals surface area (Å²) >= 11 is 5.69. The Morgan fingerprint density at radius 1 is 1.32 bits per heavy atom. The predicted octanol–water partition coefficient (Wildman–Crippen LogP) is 0.273. The molecule has 10 heteroatoms. The standard InChI is InChI=1S/C9H16ClN5O3S/c1-9(2,15-19(4,16)17)5-11-7-12-6(10)13-8(14-7)18-3/h15H,5H2,1-4H3,(H,11,12,13,14). The molecule has 0 aliphatic heterocycles. The highest BCUT2D eigenvalue weighted by Crippen LogP contribution is 2.12. The van der Waals surface area contributed by atoms with Crippen molar-refractivity contribution in [2.45, 2.75) is 19.4 Å². The number of nitrogens with one attached hydrogen (secondary N) is 2. The molecular formula is C9H16ClN5O3S. The molecule has 0 unspecified atom stereocenters. The molecule has 0 spiro atoms. The highest BCUT2D eigenvalue weighted by Gasteiger charge is 2.22. The van der Waals surface area contributed by atoms with Gasteiger partial charge in [0, 0.05) is 12.1 Å². The lowest BCUT2D eigenvalue weighted by molar-refractivity contribution is 0.378. The Labute approximate surface area is 117 Å². The van der Waals surface area contributed by atoms with Crippen LogP contribution in [0.3, 0.4) is 0 Å². The van der Waals surface area contributed by atoms with E-state index in [0.717, 1.165) is 6.26 Å². The van der Waals surface area contributed by atoms with Gasteiger partial charge in [-0.2, -0.15) is 15.0 Å². The van der Waals surface area contributed by atoms with Gasteiger partial charge in [-0.15, -0.1) is 0 Å². The van der Waals surface area contributed by atoms with E-state index in [9.17, 15) is 8.42 Å². The Hall–Kier alpha value is -1.19. The van der Waals surface area contributed by atoms with Crippen LogP contribution in [0.1, 0.15) is 13.8 Å². The monoisotopic (exact) mass is 309 g/mol. The first-order valence-electron chi connectivity index (χ1n) is 5.30. The lowest BCUT2D eigenvalue weighted by Crippen LogP contribution is -2.47. The van der Waals surface area contributed by atoms with Crippen LogP contribution in [0.5, 0.6) is 6.01 Å². The molecule has 19 heavy (non-hydrogen) atoms. The largest absolute Gasteiger partial charge is 0.467 e. The Morgan fingerprint density at radius 2 is 1.95 bits per heavy atom. The van der Waals surface area contributed by atoms with Gasteiger partial charge in [-0.3, -0.25) is 0 Å². The fourth-order valence-corrected chi connectivity index (χ4v) is 2.57. The summed E-state index contributed by atoms with van der Waals surface area (Å²) in [7, 11) is -1.89. The summed E-state index contributed by atoms with van der Waals surface area (Å²) in [4.78, 5) is 11.5. The average Bonchev–Trinajstić information content (AvgIpc) is 2.22. The number of aromatic nitrogens is 3. The van der Waals surface area contributed by atoms with Gasteiger partial charge in [0.05, 0.1) is 13.4 Å². The normalized spacial score (nSPS) is 12.3. The molecule has 0 aliphatic carbocycles. The molecule has 108 valence electrons. The fraction of sp³-hybridized carbons (Fsp3) is 0.667. The van der Waals surface area contributed by atoms with Crippen molar-refractivity contribution in [1.82, 2.24) is 19.7 Å². The van der Waals surface area contributed by atoms with E-state index in [4.69, 9.17) is 16.3 Å². The summed E-state index contributed by atoms with van der Waals surface area (Å²) in [5.74, 6) is 0.209. The molecule has 1 rings (SSSR count). The zero-order valence-corrected chi connectivity index (χ0v) is 12.6. The first-order chi connectivity index (χ1) is 8.61. The molecule has 0 aliphatic rings. The summed E-state index contributed by atoms with van der Waals surface area (Å²) in [5.41, 5.74) is -0.708. The second-order valence-electron chi connectivity index (χ2n) is 4.53. The molecule has 2 N–H and O–H groups in total. The van der Waals surface area contributed by atoms with Crippen LogP contribution in [-0.4, -0.2) is 48.8 Å². The van der Waals surface area contributed by atoms with Gasteiger partial charge in [0.2, 0.25) is 21.3 Å². The molecule has 0 amide bonds. The number of ether oxygens (including phenoxy) is 1. The number of halogens is 1. The van der Waals surface area contributed by atoms with Crippen LogP contribution in [0, 0.1) is 0 Å². The Kier molecular flexibility index (Phi) is 4.88. The van der Waals surface area contributed by atoms with E-state index in [-0.39, 0.29) is 23.8 Å². The molecule has 0 bridgehead atoms. The summed E-state index contributed by atoms with van der Waals surface area (Å²) in [6, 6.07) is 0.0800. The van der Waals surface area contributed by atoms with Crippen molar-refractivity contribution >= 4 is 27.6 Å². The van der Waals surface area contributed by atoms with Crippen LogP contribution in [-0.2, 0) is 10.0 Å². The van der Waals surface area contributed by atoms with E-state index in [2.05, 4.69) is 25.0 Å². The summed E-state index contributed by atoms with van der Waals surface area (Å²) in [6.07, 6.45) is 1.09. The van der Waals surface area contributed by atoms with E-state index >= 15 is 0 Å². The third-order valence-corrected chi connectivity index (χ3v) is 3.01. The average molecular weight is 310 g/mol. The summed E-state index contributed by atoms with van der Waals surface area (Å²) in [6.45, 7) is 3.71. The zero-order chi connectivity index (χ0) is 14.7. The molecule has 0 saturated heterocycles. The Morgan fingerprint density at radius 3 is 2.47 bits per heavy atom. The number of anilines is 1.